The third-order valence-corrected chi connectivity index (χ3v) is 5.04. The van der Waals surface area contributed by atoms with Crippen molar-refractivity contribution in [1.29, 1.82) is 0 Å². The van der Waals surface area contributed by atoms with E-state index in [0.717, 1.165) is 20.0 Å². The summed E-state index contributed by atoms with van der Waals surface area (Å²) in [5.74, 6) is -0.945. The molecule has 0 saturated carbocycles. The molecule has 0 radical (unpaired) electrons. The van der Waals surface area contributed by atoms with E-state index in [9.17, 15) is 9.90 Å². The van der Waals surface area contributed by atoms with E-state index in [4.69, 9.17) is 11.6 Å². The number of benzene rings is 1. The fourth-order valence-corrected chi connectivity index (χ4v) is 3.90. The van der Waals surface area contributed by atoms with Gasteiger partial charge in [-0.05, 0) is 35.7 Å². The molecular weight excluding hydrogens is 302 g/mol. The largest absolute Gasteiger partial charge is 0.477 e. The van der Waals surface area contributed by atoms with E-state index in [1.807, 2.05) is 23.6 Å². The van der Waals surface area contributed by atoms with Crippen LogP contribution in [0.5, 0.6) is 0 Å². The lowest BCUT2D eigenvalue weighted by Gasteiger charge is -2.01. The molecule has 0 bridgehead atoms. The van der Waals surface area contributed by atoms with Crippen LogP contribution in [0.3, 0.4) is 0 Å². The fourth-order valence-electron chi connectivity index (χ4n) is 1.76. The Morgan fingerprint density at radius 2 is 2.00 bits per heavy atom. The molecule has 3 aromatic rings. The number of aromatic amines is 1. The lowest BCUT2D eigenvalue weighted by molar-refractivity contribution is 0.0688. The molecule has 0 aliphatic rings. The van der Waals surface area contributed by atoms with Gasteiger partial charge in [-0.2, -0.15) is 0 Å². The Balaban J connectivity index is 2.07. The Hall–Kier alpha value is -1.43. The van der Waals surface area contributed by atoms with Crippen LogP contribution in [0.25, 0.3) is 10.2 Å². The van der Waals surface area contributed by atoms with Crippen molar-refractivity contribution in [3.8, 4) is 0 Å². The molecule has 0 fully saturated rings. The minimum Gasteiger partial charge on any atom is -0.477 e. The number of rotatable bonds is 3. The van der Waals surface area contributed by atoms with E-state index in [1.54, 1.807) is 12.1 Å². The van der Waals surface area contributed by atoms with E-state index < -0.39 is 5.97 Å². The molecule has 6 heteroatoms. The summed E-state index contributed by atoms with van der Waals surface area (Å²) in [6, 6.07) is 9.24. The minimum atomic E-state index is -0.945. The van der Waals surface area contributed by atoms with Crippen LogP contribution in [-0.2, 0) is 0 Å². The fraction of sp³-hybridized carbons (Fsp3) is 0. The maximum Gasteiger partial charge on any atom is 0.353 e. The second-order valence-electron chi connectivity index (χ2n) is 3.85. The molecular formula is C13H8ClNO2S2. The van der Waals surface area contributed by atoms with Gasteiger partial charge in [0.15, 0.2) is 0 Å². The molecule has 3 nitrogen and oxygen atoms in total. The van der Waals surface area contributed by atoms with Gasteiger partial charge in [-0.3, -0.25) is 0 Å². The molecule has 0 aliphatic carbocycles. The average molecular weight is 310 g/mol. The first-order valence-corrected chi connectivity index (χ1v) is 7.48. The summed E-state index contributed by atoms with van der Waals surface area (Å²) in [4.78, 5) is 15.9. The number of hydrogen-bond donors (Lipinski definition) is 2. The third-order valence-electron chi connectivity index (χ3n) is 2.61. The number of fused-ring (bicyclic) bond motifs is 1. The minimum absolute atomic E-state index is 0.238. The number of carbonyl (C=O) groups is 1. The summed E-state index contributed by atoms with van der Waals surface area (Å²) < 4.78 is 0.970. The van der Waals surface area contributed by atoms with Crippen molar-refractivity contribution in [2.24, 2.45) is 0 Å². The molecule has 1 aromatic carbocycles. The molecule has 3 rings (SSSR count). The van der Waals surface area contributed by atoms with Crippen LogP contribution in [-0.4, -0.2) is 16.1 Å². The number of carboxylic acid groups (broad SMARTS) is 1. The van der Waals surface area contributed by atoms with Crippen LogP contribution < -0.4 is 0 Å². The highest BCUT2D eigenvalue weighted by Crippen LogP contribution is 2.39. The second-order valence-corrected chi connectivity index (χ2v) is 6.29. The van der Waals surface area contributed by atoms with Gasteiger partial charge in [-0.25, -0.2) is 4.79 Å². The molecule has 0 amide bonds. The van der Waals surface area contributed by atoms with Crippen LogP contribution in [0.4, 0.5) is 0 Å². The number of thiophene rings is 1. The SMILES string of the molecule is O=C(O)c1[nH]c2ccsc2c1Sc1ccc(Cl)cc1. The maximum absolute atomic E-state index is 11.3. The first-order chi connectivity index (χ1) is 9.15. The molecule has 2 aromatic heterocycles. The Morgan fingerprint density at radius 3 is 2.68 bits per heavy atom. The Labute approximate surface area is 122 Å². The van der Waals surface area contributed by atoms with E-state index >= 15 is 0 Å². The highest BCUT2D eigenvalue weighted by Gasteiger charge is 2.18. The summed E-state index contributed by atoms with van der Waals surface area (Å²) in [5, 5.41) is 11.9. The number of halogens is 1. The van der Waals surface area contributed by atoms with Crippen LogP contribution in [0.15, 0.2) is 45.5 Å². The topological polar surface area (TPSA) is 53.1 Å². The van der Waals surface area contributed by atoms with Crippen molar-refractivity contribution in [3.63, 3.8) is 0 Å². The van der Waals surface area contributed by atoms with Crippen LogP contribution >= 0.6 is 34.7 Å². The monoisotopic (exact) mass is 309 g/mol. The van der Waals surface area contributed by atoms with Crippen molar-refractivity contribution >= 4 is 50.9 Å². The highest BCUT2D eigenvalue weighted by atomic mass is 35.5. The highest BCUT2D eigenvalue weighted by molar-refractivity contribution is 7.99. The van der Waals surface area contributed by atoms with Crippen molar-refractivity contribution in [2.75, 3.05) is 0 Å². The summed E-state index contributed by atoms with van der Waals surface area (Å²) in [6.07, 6.45) is 0. The zero-order valence-corrected chi connectivity index (χ0v) is 11.9. The molecule has 96 valence electrons. The normalized spacial score (nSPS) is 11.0. The summed E-state index contributed by atoms with van der Waals surface area (Å²) >= 11 is 8.81. The molecule has 0 atom stereocenters. The number of aromatic carboxylic acids is 1. The number of carboxylic acids is 1. The number of hydrogen-bond acceptors (Lipinski definition) is 3. The van der Waals surface area contributed by atoms with Crippen LogP contribution in [0.2, 0.25) is 5.02 Å². The predicted molar refractivity (Wildman–Crippen MR) is 78.7 cm³/mol. The van der Waals surface area contributed by atoms with Gasteiger partial charge >= 0.3 is 5.97 Å². The molecule has 0 spiro atoms. The first kappa shape index (κ1) is 12.6. The lowest BCUT2D eigenvalue weighted by Crippen LogP contribution is -1.97. The molecule has 2 heterocycles. The summed E-state index contributed by atoms with van der Waals surface area (Å²) in [6.45, 7) is 0. The van der Waals surface area contributed by atoms with Gasteiger partial charge in [-0.15, -0.1) is 11.3 Å². The van der Waals surface area contributed by atoms with Gasteiger partial charge in [0.05, 0.1) is 15.1 Å². The standard InChI is InChI=1S/C13H8ClNO2S2/c14-7-1-3-8(4-2-7)19-12-10(13(16)17)15-9-5-6-18-11(9)12/h1-6,15H,(H,16,17). The van der Waals surface area contributed by atoms with E-state index in [0.29, 0.717) is 5.02 Å². The molecule has 0 unspecified atom stereocenters. The molecule has 19 heavy (non-hydrogen) atoms. The number of aromatic nitrogens is 1. The van der Waals surface area contributed by atoms with Crippen molar-refractivity contribution in [2.45, 2.75) is 9.79 Å². The first-order valence-electron chi connectivity index (χ1n) is 5.41. The number of nitrogens with one attached hydrogen (secondary N) is 1. The Morgan fingerprint density at radius 1 is 1.26 bits per heavy atom. The number of H-pyrrole nitrogens is 1. The van der Waals surface area contributed by atoms with Gasteiger partial charge in [-0.1, -0.05) is 23.4 Å². The third kappa shape index (κ3) is 2.36. The van der Waals surface area contributed by atoms with Crippen LogP contribution in [0.1, 0.15) is 10.5 Å². The Bertz CT molecular complexity index is 746. The van der Waals surface area contributed by atoms with Gasteiger partial charge in [0.25, 0.3) is 0 Å². The van der Waals surface area contributed by atoms with Gasteiger partial charge in [0.1, 0.15) is 5.69 Å². The second kappa shape index (κ2) is 4.92. The van der Waals surface area contributed by atoms with Gasteiger partial charge in [0, 0.05) is 9.92 Å². The van der Waals surface area contributed by atoms with E-state index in [2.05, 4.69) is 4.98 Å². The zero-order chi connectivity index (χ0) is 13.4. The van der Waals surface area contributed by atoms with Gasteiger partial charge in [0.2, 0.25) is 0 Å². The van der Waals surface area contributed by atoms with Gasteiger partial charge < -0.3 is 10.1 Å². The molecule has 0 saturated heterocycles. The summed E-state index contributed by atoms with van der Waals surface area (Å²) in [5.41, 5.74) is 1.10. The summed E-state index contributed by atoms with van der Waals surface area (Å²) in [7, 11) is 0. The van der Waals surface area contributed by atoms with E-state index in [1.165, 1.54) is 23.1 Å². The smallest absolute Gasteiger partial charge is 0.353 e. The maximum atomic E-state index is 11.3. The quantitative estimate of drug-likeness (QED) is 0.735. The lowest BCUT2D eigenvalue weighted by atomic mass is 10.4. The van der Waals surface area contributed by atoms with Crippen molar-refractivity contribution in [1.82, 2.24) is 4.98 Å². The molecule has 0 aliphatic heterocycles. The van der Waals surface area contributed by atoms with Crippen molar-refractivity contribution in [3.05, 3.63) is 46.4 Å². The predicted octanol–water partition coefficient (Wildman–Crippen LogP) is 4.73. The average Bonchev–Trinajstić information content (AvgIpc) is 2.94. The van der Waals surface area contributed by atoms with Crippen molar-refractivity contribution < 1.29 is 9.90 Å². The van der Waals surface area contributed by atoms with Crippen LogP contribution in [0, 0.1) is 0 Å². The zero-order valence-electron chi connectivity index (χ0n) is 9.51. The Kier molecular flexibility index (Phi) is 3.26. The van der Waals surface area contributed by atoms with E-state index in [-0.39, 0.29) is 5.69 Å². The molecule has 2 N–H and O–H groups in total.